The molecule has 0 spiro atoms. The number of rotatable bonds is 2. The van der Waals surface area contributed by atoms with Crippen molar-refractivity contribution in [1.29, 1.82) is 0 Å². The van der Waals surface area contributed by atoms with Crippen LogP contribution in [0, 0.1) is 5.21 Å². The van der Waals surface area contributed by atoms with Gasteiger partial charge in [-0.05, 0) is 26.7 Å². The molecule has 0 radical (unpaired) electrons. The molecule has 1 saturated heterocycles. The summed E-state index contributed by atoms with van der Waals surface area (Å²) in [6, 6.07) is 0. The average Bonchev–Trinajstić information content (AvgIpc) is 2.11. The van der Waals surface area contributed by atoms with Gasteiger partial charge in [0.25, 0.3) is 0 Å². The van der Waals surface area contributed by atoms with Gasteiger partial charge in [0, 0.05) is 12.8 Å². The van der Waals surface area contributed by atoms with Crippen molar-refractivity contribution in [1.82, 2.24) is 0 Å². The molecule has 0 saturated carbocycles. The number of piperidine rings is 1. The second-order valence-electron chi connectivity index (χ2n) is 5.26. The Balaban J connectivity index is 2.94. The Morgan fingerprint density at radius 3 is 2.21 bits per heavy atom. The van der Waals surface area contributed by atoms with Crippen molar-refractivity contribution < 1.29 is 10.2 Å². The van der Waals surface area contributed by atoms with Crippen LogP contribution in [0.5, 0.6) is 0 Å². The smallest absolute Gasteiger partial charge is 0.0997 e. The lowest BCUT2D eigenvalue weighted by atomic mass is 9.75. The lowest BCUT2D eigenvalue weighted by Crippen LogP contribution is -3.24. The van der Waals surface area contributed by atoms with Gasteiger partial charge in [-0.2, -0.15) is 0 Å². The molecular weight excluding hydrogens is 178 g/mol. The van der Waals surface area contributed by atoms with Gasteiger partial charge in [-0.25, -0.2) is 0 Å². The Hall–Kier alpha value is -0.120. The first-order chi connectivity index (χ1) is 6.38. The summed E-state index contributed by atoms with van der Waals surface area (Å²) in [6.45, 7) is 8.01. The van der Waals surface area contributed by atoms with E-state index in [1.54, 1.807) is 0 Å². The molecule has 1 aliphatic heterocycles. The summed E-state index contributed by atoms with van der Waals surface area (Å²) >= 11 is 0. The molecule has 0 aromatic carbocycles. The molecule has 1 aliphatic rings. The highest BCUT2D eigenvalue weighted by Gasteiger charge is 2.48. The van der Waals surface area contributed by atoms with Crippen molar-refractivity contribution in [3.8, 4) is 0 Å². The fourth-order valence-electron chi connectivity index (χ4n) is 2.88. The van der Waals surface area contributed by atoms with Gasteiger partial charge >= 0.3 is 0 Å². The molecule has 1 heterocycles. The molecule has 3 nitrogen and oxygen atoms in total. The van der Waals surface area contributed by atoms with Crippen LogP contribution < -0.4 is 5.06 Å². The molecule has 2 N–H and O–H groups in total. The summed E-state index contributed by atoms with van der Waals surface area (Å²) in [5.74, 6) is 0. The summed E-state index contributed by atoms with van der Waals surface area (Å²) in [4.78, 5) is 0. The zero-order valence-electron chi connectivity index (χ0n) is 9.76. The minimum absolute atomic E-state index is 0.263. The first-order valence-corrected chi connectivity index (χ1v) is 5.61. The molecule has 1 fully saturated rings. The van der Waals surface area contributed by atoms with Gasteiger partial charge in [-0.15, -0.1) is 0 Å². The number of nitrogens with one attached hydrogen (secondary N) is 1. The lowest BCUT2D eigenvalue weighted by Gasteiger charge is -2.56. The Morgan fingerprint density at radius 1 is 1.29 bits per heavy atom. The van der Waals surface area contributed by atoms with Gasteiger partial charge in [0.1, 0.15) is 0 Å². The van der Waals surface area contributed by atoms with Crippen LogP contribution in [0.15, 0.2) is 0 Å². The van der Waals surface area contributed by atoms with Crippen LogP contribution >= 0.6 is 0 Å². The van der Waals surface area contributed by atoms with Gasteiger partial charge in [0.05, 0.1) is 17.2 Å². The molecule has 0 aliphatic carbocycles. The molecule has 0 aromatic heterocycles. The molecule has 1 rings (SSSR count). The summed E-state index contributed by atoms with van der Waals surface area (Å²) in [5.41, 5.74) is -0.606. The first kappa shape index (κ1) is 12.0. The third-order valence-electron chi connectivity index (χ3n) is 3.82. The van der Waals surface area contributed by atoms with Crippen molar-refractivity contribution in [2.45, 2.75) is 70.6 Å². The number of aliphatic hydroxyl groups excluding tert-OH is 1. The maximum Gasteiger partial charge on any atom is 0.0997 e. The van der Waals surface area contributed by atoms with Crippen LogP contribution in [0.25, 0.3) is 0 Å². The fraction of sp³-hybridized carbons (Fsp3) is 1.00. The molecule has 0 amide bonds. The summed E-state index contributed by atoms with van der Waals surface area (Å²) in [5, 5.41) is 22.4. The van der Waals surface area contributed by atoms with Crippen molar-refractivity contribution in [2.75, 3.05) is 0 Å². The Labute approximate surface area is 86.7 Å². The zero-order chi connectivity index (χ0) is 11.0. The van der Waals surface area contributed by atoms with E-state index in [2.05, 4.69) is 13.8 Å². The molecule has 84 valence electrons. The maximum atomic E-state index is 12.3. The third kappa shape index (κ3) is 1.81. The van der Waals surface area contributed by atoms with Crippen molar-refractivity contribution >= 4 is 0 Å². The molecule has 2 unspecified atom stereocenters. The number of hydrogen-bond acceptors (Lipinski definition) is 2. The second-order valence-corrected chi connectivity index (χ2v) is 5.26. The minimum Gasteiger partial charge on any atom is -0.634 e. The SMILES string of the molecule is CCC1(CC)CC(O)CC(C)(C)[NH+]1[O-]. The highest BCUT2D eigenvalue weighted by molar-refractivity contribution is 4.90. The van der Waals surface area contributed by atoms with E-state index in [1.807, 2.05) is 13.8 Å². The Morgan fingerprint density at radius 2 is 1.79 bits per heavy atom. The number of hydrogen-bond donors (Lipinski definition) is 2. The van der Waals surface area contributed by atoms with E-state index in [0.29, 0.717) is 17.9 Å². The van der Waals surface area contributed by atoms with E-state index in [-0.39, 0.29) is 17.2 Å². The number of aliphatic hydroxyl groups is 1. The topological polar surface area (TPSA) is 47.7 Å². The highest BCUT2D eigenvalue weighted by atomic mass is 16.5. The number of hydroxylamine groups is 2. The Bertz CT molecular complexity index is 199. The van der Waals surface area contributed by atoms with Crippen molar-refractivity contribution in [3.63, 3.8) is 0 Å². The van der Waals surface area contributed by atoms with E-state index in [9.17, 15) is 10.3 Å². The number of quaternary nitrogens is 1. The predicted molar refractivity (Wildman–Crippen MR) is 57.0 cm³/mol. The van der Waals surface area contributed by atoms with Crippen molar-refractivity contribution in [3.05, 3.63) is 5.21 Å². The van der Waals surface area contributed by atoms with E-state index in [4.69, 9.17) is 0 Å². The molecule has 0 bridgehead atoms. The summed E-state index contributed by atoms with van der Waals surface area (Å²) in [6.07, 6.45) is 2.67. The summed E-state index contributed by atoms with van der Waals surface area (Å²) in [7, 11) is 0. The van der Waals surface area contributed by atoms with E-state index in [1.165, 1.54) is 0 Å². The third-order valence-corrected chi connectivity index (χ3v) is 3.82. The standard InChI is InChI=1S/C11H23NO2/c1-5-11(6-2)8-9(13)7-10(3,4)12(11)14/h9,12-13H,5-8H2,1-4H3. The largest absolute Gasteiger partial charge is 0.634 e. The zero-order valence-corrected chi connectivity index (χ0v) is 9.76. The second kappa shape index (κ2) is 3.80. The average molecular weight is 201 g/mol. The predicted octanol–water partition coefficient (Wildman–Crippen LogP) is 0.861. The maximum absolute atomic E-state index is 12.3. The summed E-state index contributed by atoms with van der Waals surface area (Å²) < 4.78 is 0. The van der Waals surface area contributed by atoms with E-state index < -0.39 is 0 Å². The molecule has 0 aromatic rings. The molecule has 2 atom stereocenters. The lowest BCUT2D eigenvalue weighted by molar-refractivity contribution is -0.961. The van der Waals surface area contributed by atoms with Crippen molar-refractivity contribution in [2.24, 2.45) is 0 Å². The Kier molecular flexibility index (Phi) is 3.24. The molecular formula is C11H23NO2. The monoisotopic (exact) mass is 201 g/mol. The van der Waals surface area contributed by atoms with E-state index >= 15 is 0 Å². The quantitative estimate of drug-likeness (QED) is 0.651. The van der Waals surface area contributed by atoms with Gasteiger partial charge in [-0.3, -0.25) is 0 Å². The van der Waals surface area contributed by atoms with Crippen LogP contribution in [0.1, 0.15) is 53.4 Å². The first-order valence-electron chi connectivity index (χ1n) is 5.61. The van der Waals surface area contributed by atoms with Gasteiger partial charge in [0.15, 0.2) is 0 Å². The van der Waals surface area contributed by atoms with Crippen LogP contribution in [-0.4, -0.2) is 22.3 Å². The van der Waals surface area contributed by atoms with Gasteiger partial charge in [0.2, 0.25) is 0 Å². The van der Waals surface area contributed by atoms with Gasteiger partial charge < -0.3 is 15.4 Å². The highest BCUT2D eigenvalue weighted by Crippen LogP contribution is 2.28. The molecule has 3 heteroatoms. The van der Waals surface area contributed by atoms with E-state index in [0.717, 1.165) is 12.8 Å². The minimum atomic E-state index is -0.344. The molecule has 14 heavy (non-hydrogen) atoms. The normalized spacial score (nSPS) is 35.6. The van der Waals surface area contributed by atoms with Crippen LogP contribution in [0.3, 0.4) is 0 Å². The van der Waals surface area contributed by atoms with Crippen LogP contribution in [-0.2, 0) is 0 Å². The fourth-order valence-corrected chi connectivity index (χ4v) is 2.88. The van der Waals surface area contributed by atoms with Crippen LogP contribution in [0.2, 0.25) is 0 Å². The van der Waals surface area contributed by atoms with Gasteiger partial charge in [-0.1, -0.05) is 13.8 Å². The van der Waals surface area contributed by atoms with Crippen LogP contribution in [0.4, 0.5) is 0 Å².